The van der Waals surface area contributed by atoms with Crippen LogP contribution in [-0.2, 0) is 10.2 Å². The van der Waals surface area contributed by atoms with Crippen LogP contribution < -0.4 is 10.5 Å². The predicted octanol–water partition coefficient (Wildman–Crippen LogP) is 5.19. The minimum absolute atomic E-state index is 0.0112. The first kappa shape index (κ1) is 23.5. The van der Waals surface area contributed by atoms with E-state index in [2.05, 4.69) is 15.9 Å². The Morgan fingerprint density at radius 2 is 1.93 bits per heavy atom. The van der Waals surface area contributed by atoms with E-state index in [1.54, 1.807) is 0 Å². The minimum atomic E-state index is -5.82. The number of hydrogen-bond donors (Lipinski definition) is 3. The van der Waals surface area contributed by atoms with Gasteiger partial charge in [-0.1, -0.05) is 0 Å². The van der Waals surface area contributed by atoms with Crippen molar-refractivity contribution >= 4 is 50.9 Å². The van der Waals surface area contributed by atoms with Gasteiger partial charge in [-0.2, -0.15) is 8.78 Å². The lowest BCUT2D eigenvalue weighted by Gasteiger charge is -2.28. The normalized spacial score (nSPS) is 18.0. The molecule has 1 saturated carbocycles. The van der Waals surface area contributed by atoms with Crippen LogP contribution in [0, 0.1) is 5.92 Å². The number of alkyl halides is 4. The zero-order chi connectivity index (χ0) is 22.5. The van der Waals surface area contributed by atoms with E-state index in [0.29, 0.717) is 11.3 Å². The Morgan fingerprint density at radius 1 is 1.33 bits per heavy atom. The number of thiophene rings is 1. The molecule has 0 atom stereocenters. The second-order valence-corrected chi connectivity index (χ2v) is 10.6. The van der Waals surface area contributed by atoms with Crippen LogP contribution in [0.25, 0.3) is 10.1 Å². The molecular weight excluding hydrogens is 517 g/mol. The summed E-state index contributed by atoms with van der Waals surface area (Å²) in [5.74, 6) is -3.74. The summed E-state index contributed by atoms with van der Waals surface area (Å²) in [6.07, 6.45) is -0.107. The molecule has 30 heavy (non-hydrogen) atoms. The van der Waals surface area contributed by atoms with Gasteiger partial charge in [0.2, 0.25) is 11.8 Å². The van der Waals surface area contributed by atoms with Crippen molar-refractivity contribution < 1.29 is 41.4 Å². The average molecular weight is 534 g/mol. The molecular formula is C17H17BrF4NO5PS. The molecule has 1 aliphatic rings. The van der Waals surface area contributed by atoms with Crippen LogP contribution in [0.15, 0.2) is 16.6 Å². The third-order valence-electron chi connectivity index (χ3n) is 4.93. The van der Waals surface area contributed by atoms with Crippen molar-refractivity contribution in [3.63, 3.8) is 0 Å². The molecule has 0 radical (unpaired) electrons. The lowest BCUT2D eigenvalue weighted by atomic mass is 9.87. The van der Waals surface area contributed by atoms with Crippen molar-refractivity contribution in [2.75, 3.05) is 6.61 Å². The maximum Gasteiger partial charge on any atom is 0.400 e. The molecule has 1 aromatic carbocycles. The van der Waals surface area contributed by atoms with Crippen LogP contribution in [0.4, 0.5) is 17.6 Å². The Labute approximate surface area is 180 Å². The third kappa shape index (κ3) is 4.52. The number of hydrogen-bond acceptors (Lipinski definition) is 4. The van der Waals surface area contributed by atoms with E-state index < -0.39 is 30.0 Å². The standard InChI is InChI=1S/C17H17BrF4NO5PS/c18-12-10-5-9(15(23)24)6-11(28-7-8-1-3-16(19,20)4-2-8)13(10)30-14(12)17(21,22)29(25,26)27/h5-6,8H,1-4,7H2,(H2,23,24)(H2,25,26,27). The number of rotatable bonds is 6. The Bertz CT molecular complexity index is 1030. The Hall–Kier alpha value is -1.20. The Kier molecular flexibility index (Phi) is 6.30. The summed E-state index contributed by atoms with van der Waals surface area (Å²) in [6.45, 7) is 0.0210. The molecule has 0 spiro atoms. The van der Waals surface area contributed by atoms with E-state index in [0.717, 1.165) is 0 Å². The molecule has 1 amide bonds. The number of halogens is 5. The van der Waals surface area contributed by atoms with Crippen LogP contribution >= 0.6 is 34.9 Å². The van der Waals surface area contributed by atoms with Crippen molar-refractivity contribution in [3.8, 4) is 5.75 Å². The van der Waals surface area contributed by atoms with Crippen molar-refractivity contribution in [2.45, 2.75) is 37.3 Å². The first-order valence-corrected chi connectivity index (χ1v) is 12.0. The SMILES string of the molecule is NC(=O)c1cc(OCC2CCC(F)(F)CC2)c2sc(C(F)(F)P(=O)(O)O)c(Br)c2c1. The predicted molar refractivity (Wildman–Crippen MR) is 106 cm³/mol. The largest absolute Gasteiger partial charge is 0.492 e. The Balaban J connectivity index is 2.00. The monoisotopic (exact) mass is 533 g/mol. The van der Waals surface area contributed by atoms with Gasteiger partial charge in [-0.3, -0.25) is 9.36 Å². The van der Waals surface area contributed by atoms with Gasteiger partial charge in [0.25, 0.3) is 0 Å². The zero-order valence-corrected chi connectivity index (χ0v) is 18.5. The number of amides is 1. The highest BCUT2D eigenvalue weighted by Crippen LogP contribution is 2.63. The quantitative estimate of drug-likeness (QED) is 0.349. The molecule has 6 nitrogen and oxygen atoms in total. The molecule has 166 valence electrons. The fraction of sp³-hybridized carbons (Fsp3) is 0.471. The highest BCUT2D eigenvalue weighted by Gasteiger charge is 2.53. The summed E-state index contributed by atoms with van der Waals surface area (Å²) in [5.41, 5.74) is 0.770. The van der Waals surface area contributed by atoms with Gasteiger partial charge < -0.3 is 20.3 Å². The van der Waals surface area contributed by atoms with Gasteiger partial charge in [-0.25, -0.2) is 8.78 Å². The van der Waals surface area contributed by atoms with Crippen molar-refractivity contribution in [2.24, 2.45) is 11.7 Å². The molecule has 0 unspecified atom stereocenters. The number of fused-ring (bicyclic) bond motifs is 1. The average Bonchev–Trinajstić information content (AvgIpc) is 2.97. The molecule has 4 N–H and O–H groups in total. The summed E-state index contributed by atoms with van der Waals surface area (Å²) in [6, 6.07) is 2.45. The van der Waals surface area contributed by atoms with E-state index in [1.807, 2.05) is 0 Å². The maximum atomic E-state index is 14.3. The zero-order valence-electron chi connectivity index (χ0n) is 15.2. The maximum absolute atomic E-state index is 14.3. The molecule has 1 aliphatic carbocycles. The number of nitrogens with two attached hydrogens (primary N) is 1. The van der Waals surface area contributed by atoms with Gasteiger partial charge in [0.15, 0.2) is 0 Å². The van der Waals surface area contributed by atoms with Gasteiger partial charge in [0.1, 0.15) is 10.6 Å². The first-order valence-electron chi connectivity index (χ1n) is 8.73. The van der Waals surface area contributed by atoms with E-state index in [9.17, 15) is 26.9 Å². The Morgan fingerprint density at radius 3 is 2.47 bits per heavy atom. The summed E-state index contributed by atoms with van der Waals surface area (Å²) in [4.78, 5) is 28.8. The lowest BCUT2D eigenvalue weighted by molar-refractivity contribution is -0.0498. The molecule has 1 aromatic heterocycles. The molecule has 1 fully saturated rings. The van der Waals surface area contributed by atoms with Gasteiger partial charge in [-0.05, 0) is 46.8 Å². The van der Waals surface area contributed by atoms with Crippen LogP contribution in [0.5, 0.6) is 5.75 Å². The molecule has 0 saturated heterocycles. The second kappa shape index (κ2) is 8.05. The fourth-order valence-corrected chi connectivity index (χ4v) is 6.16. The van der Waals surface area contributed by atoms with Crippen molar-refractivity contribution in [3.05, 3.63) is 27.0 Å². The van der Waals surface area contributed by atoms with Crippen molar-refractivity contribution in [1.29, 1.82) is 0 Å². The summed E-state index contributed by atoms with van der Waals surface area (Å²) in [5, 5.41) is 0.0737. The third-order valence-corrected chi connectivity index (χ3v) is 8.41. The summed E-state index contributed by atoms with van der Waals surface area (Å²) < 4.78 is 72.1. The molecule has 2 aromatic rings. The molecule has 3 rings (SSSR count). The van der Waals surface area contributed by atoms with Gasteiger partial charge in [0, 0.05) is 28.3 Å². The number of benzene rings is 1. The lowest BCUT2D eigenvalue weighted by Crippen LogP contribution is -2.27. The molecule has 0 aliphatic heterocycles. The van der Waals surface area contributed by atoms with Crippen LogP contribution in [0.1, 0.15) is 40.9 Å². The summed E-state index contributed by atoms with van der Waals surface area (Å²) in [7, 11) is -5.82. The number of carbonyl (C=O) groups excluding carboxylic acids is 1. The molecule has 0 bridgehead atoms. The topological polar surface area (TPSA) is 110 Å². The first-order chi connectivity index (χ1) is 13.7. The minimum Gasteiger partial charge on any atom is -0.492 e. The van der Waals surface area contributed by atoms with E-state index >= 15 is 0 Å². The highest BCUT2D eigenvalue weighted by molar-refractivity contribution is 9.10. The van der Waals surface area contributed by atoms with Crippen molar-refractivity contribution in [1.82, 2.24) is 0 Å². The second-order valence-electron chi connectivity index (χ2n) is 7.16. The molecule has 1 heterocycles. The number of primary amides is 1. The van der Waals surface area contributed by atoms with Gasteiger partial charge in [0.05, 0.1) is 11.3 Å². The van der Waals surface area contributed by atoms with E-state index in [1.165, 1.54) is 12.1 Å². The van der Waals surface area contributed by atoms with Gasteiger partial charge in [-0.15, -0.1) is 11.3 Å². The highest BCUT2D eigenvalue weighted by atomic mass is 79.9. The fourth-order valence-electron chi connectivity index (χ4n) is 3.19. The van der Waals surface area contributed by atoms with Gasteiger partial charge >= 0.3 is 13.3 Å². The number of carbonyl (C=O) groups is 1. The smallest absolute Gasteiger partial charge is 0.400 e. The number of ether oxygens (including phenoxy) is 1. The van der Waals surface area contributed by atoms with E-state index in [4.69, 9.17) is 20.3 Å². The van der Waals surface area contributed by atoms with Crippen LogP contribution in [-0.4, -0.2) is 28.2 Å². The van der Waals surface area contributed by atoms with Crippen LogP contribution in [0.3, 0.4) is 0 Å². The summed E-state index contributed by atoms with van der Waals surface area (Å²) >= 11 is 3.34. The van der Waals surface area contributed by atoms with E-state index in [-0.39, 0.29) is 64.1 Å². The molecule has 13 heteroatoms. The van der Waals surface area contributed by atoms with Crippen LogP contribution in [0.2, 0.25) is 0 Å².